The highest BCUT2D eigenvalue weighted by Gasteiger charge is 2.34. The lowest BCUT2D eigenvalue weighted by Crippen LogP contribution is -2.37. The van der Waals surface area contributed by atoms with Crippen LogP contribution in [0.5, 0.6) is 5.75 Å². The molecule has 1 fully saturated rings. The molecule has 0 bridgehead atoms. The van der Waals surface area contributed by atoms with Crippen molar-refractivity contribution < 1.29 is 32.2 Å². The van der Waals surface area contributed by atoms with Gasteiger partial charge in [0.05, 0.1) is 17.9 Å². The van der Waals surface area contributed by atoms with E-state index < -0.39 is 23.6 Å². The first-order valence-electron chi connectivity index (χ1n) is 9.78. The van der Waals surface area contributed by atoms with Crippen LogP contribution in [-0.2, 0) is 10.9 Å². The molecule has 8 heteroatoms. The molecular weight excluding hydrogens is 423 g/mol. The van der Waals surface area contributed by atoms with Gasteiger partial charge < -0.3 is 9.47 Å². The average Bonchev–Trinajstić information content (AvgIpc) is 3.63. The molecule has 0 aliphatic carbocycles. The van der Waals surface area contributed by atoms with Crippen molar-refractivity contribution in [3.05, 3.63) is 95.6 Å². The van der Waals surface area contributed by atoms with Crippen LogP contribution in [0.2, 0.25) is 0 Å². The zero-order valence-corrected chi connectivity index (χ0v) is 16.7. The van der Waals surface area contributed by atoms with E-state index in [0.717, 1.165) is 17.0 Å². The molecule has 5 nitrogen and oxygen atoms in total. The van der Waals surface area contributed by atoms with Gasteiger partial charge in [0.25, 0.3) is 11.8 Å². The summed E-state index contributed by atoms with van der Waals surface area (Å²) < 4.78 is 51.3. The summed E-state index contributed by atoms with van der Waals surface area (Å²) in [5.74, 6) is -1.62. The van der Waals surface area contributed by atoms with E-state index in [1.54, 1.807) is 36.4 Å². The van der Waals surface area contributed by atoms with Crippen LogP contribution in [0.25, 0.3) is 0 Å². The number of alkyl halides is 3. The summed E-state index contributed by atoms with van der Waals surface area (Å²) >= 11 is 0. The fraction of sp³-hybridized carbons (Fsp3) is 0.167. The van der Waals surface area contributed by atoms with Crippen molar-refractivity contribution >= 4 is 17.5 Å². The molecule has 1 aliphatic heterocycles. The van der Waals surface area contributed by atoms with Crippen LogP contribution in [0.15, 0.2) is 78.9 Å². The third kappa shape index (κ3) is 4.97. The first-order valence-corrected chi connectivity index (χ1v) is 9.78. The number of imide groups is 1. The molecule has 3 aromatic rings. The maximum atomic E-state index is 13.6. The molecule has 0 N–H and O–H groups in total. The standard InChI is InChI=1S/C24H18F3NO4/c25-24(26,27)18-11-19(13-20(12-18)31-14-21-15-32-21)28(22(29)16-7-3-1-4-8-16)23(30)17-9-5-2-6-10-17/h1-13,21H,14-15H2. The van der Waals surface area contributed by atoms with Crippen molar-refractivity contribution in [1.82, 2.24) is 0 Å². The van der Waals surface area contributed by atoms with E-state index in [9.17, 15) is 22.8 Å². The summed E-state index contributed by atoms with van der Waals surface area (Å²) in [5, 5.41) is 0. The Hall–Kier alpha value is -3.65. The molecule has 0 saturated carbocycles. The van der Waals surface area contributed by atoms with Gasteiger partial charge in [-0.2, -0.15) is 13.2 Å². The van der Waals surface area contributed by atoms with E-state index >= 15 is 0 Å². The Balaban J connectivity index is 1.81. The Morgan fingerprint density at radius 3 is 1.91 bits per heavy atom. The number of hydrogen-bond acceptors (Lipinski definition) is 4. The average molecular weight is 441 g/mol. The highest BCUT2D eigenvalue weighted by atomic mass is 19.4. The zero-order valence-electron chi connectivity index (χ0n) is 16.7. The highest BCUT2D eigenvalue weighted by Crippen LogP contribution is 2.36. The van der Waals surface area contributed by atoms with Crippen molar-refractivity contribution in [2.24, 2.45) is 0 Å². The molecule has 1 atom stereocenters. The number of halogens is 3. The smallest absolute Gasteiger partial charge is 0.416 e. The van der Waals surface area contributed by atoms with Crippen molar-refractivity contribution in [3.8, 4) is 5.75 Å². The minimum absolute atomic E-state index is 0.0695. The first kappa shape index (κ1) is 21.6. The molecule has 164 valence electrons. The topological polar surface area (TPSA) is 59.1 Å². The summed E-state index contributed by atoms with van der Waals surface area (Å²) in [4.78, 5) is 27.3. The Morgan fingerprint density at radius 1 is 0.906 bits per heavy atom. The normalized spacial score (nSPS) is 15.2. The molecule has 0 radical (unpaired) electrons. The first-order chi connectivity index (χ1) is 15.3. The van der Waals surface area contributed by atoms with Crippen LogP contribution in [0, 0.1) is 0 Å². The van der Waals surface area contributed by atoms with Gasteiger partial charge in [0, 0.05) is 17.2 Å². The predicted octanol–water partition coefficient (Wildman–Crippen LogP) is 4.97. The minimum Gasteiger partial charge on any atom is -0.491 e. The maximum Gasteiger partial charge on any atom is 0.416 e. The van der Waals surface area contributed by atoms with Gasteiger partial charge >= 0.3 is 6.18 Å². The van der Waals surface area contributed by atoms with Gasteiger partial charge in [-0.25, -0.2) is 4.90 Å². The van der Waals surface area contributed by atoms with Crippen LogP contribution in [-0.4, -0.2) is 31.1 Å². The van der Waals surface area contributed by atoms with Gasteiger partial charge in [-0.3, -0.25) is 9.59 Å². The molecule has 0 aromatic heterocycles. The largest absolute Gasteiger partial charge is 0.491 e. The molecule has 0 spiro atoms. The van der Waals surface area contributed by atoms with Gasteiger partial charge in [-0.15, -0.1) is 0 Å². The monoisotopic (exact) mass is 441 g/mol. The maximum absolute atomic E-state index is 13.6. The quantitative estimate of drug-likeness (QED) is 0.400. The van der Waals surface area contributed by atoms with E-state index in [-0.39, 0.29) is 35.3 Å². The number of benzene rings is 3. The van der Waals surface area contributed by atoms with Crippen LogP contribution in [0.4, 0.5) is 18.9 Å². The van der Waals surface area contributed by atoms with Crippen molar-refractivity contribution in [3.63, 3.8) is 0 Å². The van der Waals surface area contributed by atoms with Crippen LogP contribution in [0.3, 0.4) is 0 Å². The van der Waals surface area contributed by atoms with Crippen LogP contribution >= 0.6 is 0 Å². The van der Waals surface area contributed by atoms with E-state index in [0.29, 0.717) is 6.61 Å². The number of anilines is 1. The van der Waals surface area contributed by atoms with Gasteiger partial charge in [0.1, 0.15) is 18.5 Å². The Bertz CT molecular complexity index is 1060. The number of amides is 2. The Morgan fingerprint density at radius 2 is 1.44 bits per heavy atom. The third-order valence-electron chi connectivity index (χ3n) is 4.76. The van der Waals surface area contributed by atoms with E-state index in [1.807, 2.05) is 0 Å². The van der Waals surface area contributed by atoms with Gasteiger partial charge in [-0.1, -0.05) is 36.4 Å². The second kappa shape index (κ2) is 8.84. The fourth-order valence-electron chi connectivity index (χ4n) is 3.06. The Labute approximate surface area is 182 Å². The number of carbonyl (C=O) groups is 2. The second-order valence-corrected chi connectivity index (χ2v) is 7.16. The summed E-state index contributed by atoms with van der Waals surface area (Å²) in [6, 6.07) is 18.6. The lowest BCUT2D eigenvalue weighted by Gasteiger charge is -2.23. The number of hydrogen-bond donors (Lipinski definition) is 0. The summed E-state index contributed by atoms with van der Waals surface area (Å²) in [7, 11) is 0. The van der Waals surface area contributed by atoms with Crippen molar-refractivity contribution in [2.75, 3.05) is 18.1 Å². The second-order valence-electron chi connectivity index (χ2n) is 7.16. The van der Waals surface area contributed by atoms with Crippen molar-refractivity contribution in [2.45, 2.75) is 12.3 Å². The Kier molecular flexibility index (Phi) is 5.96. The number of nitrogens with zero attached hydrogens (tertiary/aromatic N) is 1. The lowest BCUT2D eigenvalue weighted by atomic mass is 10.1. The number of rotatable bonds is 6. The molecule has 4 rings (SSSR count). The summed E-state index contributed by atoms with van der Waals surface area (Å²) in [5.41, 5.74) is -0.964. The molecule has 1 unspecified atom stereocenters. The molecular formula is C24H18F3NO4. The number of carbonyl (C=O) groups excluding carboxylic acids is 2. The molecule has 2 amide bonds. The summed E-state index contributed by atoms with van der Waals surface area (Å²) in [6.45, 7) is 0.539. The molecule has 1 aliphatic rings. The number of epoxide rings is 1. The van der Waals surface area contributed by atoms with Gasteiger partial charge in [0.2, 0.25) is 0 Å². The minimum atomic E-state index is -4.71. The predicted molar refractivity (Wildman–Crippen MR) is 111 cm³/mol. The number of ether oxygens (including phenoxy) is 2. The fourth-order valence-corrected chi connectivity index (χ4v) is 3.06. The van der Waals surface area contributed by atoms with Crippen LogP contribution < -0.4 is 9.64 Å². The van der Waals surface area contributed by atoms with Gasteiger partial charge in [0.15, 0.2) is 0 Å². The molecule has 1 heterocycles. The molecule has 3 aromatic carbocycles. The van der Waals surface area contributed by atoms with E-state index in [1.165, 1.54) is 30.3 Å². The molecule has 32 heavy (non-hydrogen) atoms. The van der Waals surface area contributed by atoms with E-state index in [2.05, 4.69) is 0 Å². The van der Waals surface area contributed by atoms with E-state index in [4.69, 9.17) is 9.47 Å². The third-order valence-corrected chi connectivity index (χ3v) is 4.76. The SMILES string of the molecule is O=C(c1ccccc1)N(C(=O)c1ccccc1)c1cc(OCC2CO2)cc(C(F)(F)F)c1. The lowest BCUT2D eigenvalue weighted by molar-refractivity contribution is -0.137. The highest BCUT2D eigenvalue weighted by molar-refractivity contribution is 6.25. The van der Waals surface area contributed by atoms with Crippen molar-refractivity contribution in [1.29, 1.82) is 0 Å². The van der Waals surface area contributed by atoms with Crippen LogP contribution in [0.1, 0.15) is 26.3 Å². The molecule has 1 saturated heterocycles. The zero-order chi connectivity index (χ0) is 22.7. The summed E-state index contributed by atoms with van der Waals surface area (Å²) in [6.07, 6.45) is -4.89. The van der Waals surface area contributed by atoms with Gasteiger partial charge in [-0.05, 0) is 36.4 Å².